The zero-order valence-electron chi connectivity index (χ0n) is 15.2. The number of aryl methyl sites for hydroxylation is 1. The van der Waals surface area contributed by atoms with E-state index in [9.17, 15) is 4.79 Å². The van der Waals surface area contributed by atoms with E-state index in [0.29, 0.717) is 12.1 Å². The van der Waals surface area contributed by atoms with Crippen LogP contribution in [-0.4, -0.2) is 49.4 Å². The van der Waals surface area contributed by atoms with Gasteiger partial charge in [-0.05, 0) is 37.3 Å². The molecule has 6 heteroatoms. The lowest BCUT2D eigenvalue weighted by molar-refractivity contribution is 0.0313. The lowest BCUT2D eigenvalue weighted by Gasteiger charge is -2.25. The SMILES string of the molecule is Cc1ccc(SCCCNC(=O)c2coc(CN3CCOCC3)c2)cc1. The number of morpholine rings is 1. The van der Waals surface area contributed by atoms with Crippen LogP contribution in [-0.2, 0) is 11.3 Å². The molecule has 0 saturated carbocycles. The largest absolute Gasteiger partial charge is 0.467 e. The third-order valence-electron chi connectivity index (χ3n) is 4.30. The van der Waals surface area contributed by atoms with Gasteiger partial charge in [0.15, 0.2) is 0 Å². The predicted octanol–water partition coefficient (Wildman–Crippen LogP) is 3.33. The smallest absolute Gasteiger partial charge is 0.254 e. The highest BCUT2D eigenvalue weighted by Crippen LogP contribution is 2.18. The third kappa shape index (κ3) is 5.90. The Morgan fingerprint density at radius 1 is 1.23 bits per heavy atom. The first kappa shape index (κ1) is 19.0. The highest BCUT2D eigenvalue weighted by molar-refractivity contribution is 7.99. The third-order valence-corrected chi connectivity index (χ3v) is 5.39. The van der Waals surface area contributed by atoms with Crippen LogP contribution in [0.4, 0.5) is 0 Å². The van der Waals surface area contributed by atoms with Gasteiger partial charge in [0.2, 0.25) is 0 Å². The Kier molecular flexibility index (Phi) is 7.17. The van der Waals surface area contributed by atoms with E-state index >= 15 is 0 Å². The molecule has 1 N–H and O–H groups in total. The van der Waals surface area contributed by atoms with Crippen LogP contribution in [0.25, 0.3) is 0 Å². The summed E-state index contributed by atoms with van der Waals surface area (Å²) < 4.78 is 10.9. The van der Waals surface area contributed by atoms with Crippen molar-refractivity contribution in [2.75, 3.05) is 38.6 Å². The Morgan fingerprint density at radius 3 is 2.77 bits per heavy atom. The molecule has 5 nitrogen and oxygen atoms in total. The van der Waals surface area contributed by atoms with E-state index in [4.69, 9.17) is 9.15 Å². The van der Waals surface area contributed by atoms with Crippen molar-refractivity contribution in [3.8, 4) is 0 Å². The summed E-state index contributed by atoms with van der Waals surface area (Å²) in [5.74, 6) is 1.74. The van der Waals surface area contributed by atoms with Gasteiger partial charge in [-0.3, -0.25) is 9.69 Å². The van der Waals surface area contributed by atoms with Crippen LogP contribution in [0.1, 0.15) is 28.1 Å². The van der Waals surface area contributed by atoms with Crippen LogP contribution in [0.5, 0.6) is 0 Å². The summed E-state index contributed by atoms with van der Waals surface area (Å²) >= 11 is 1.81. The van der Waals surface area contributed by atoms with E-state index in [1.807, 2.05) is 17.8 Å². The number of benzene rings is 1. The maximum Gasteiger partial charge on any atom is 0.254 e. The van der Waals surface area contributed by atoms with Crippen molar-refractivity contribution in [3.63, 3.8) is 0 Å². The normalized spacial score (nSPS) is 15.1. The summed E-state index contributed by atoms with van der Waals surface area (Å²) in [4.78, 5) is 15.7. The molecule has 2 heterocycles. The molecule has 1 fully saturated rings. The van der Waals surface area contributed by atoms with Crippen LogP contribution in [0.15, 0.2) is 45.9 Å². The highest BCUT2D eigenvalue weighted by atomic mass is 32.2. The standard InChI is InChI=1S/C20H26N2O3S/c1-16-3-5-19(6-4-16)26-12-2-7-21-20(23)17-13-18(25-15-17)14-22-8-10-24-11-9-22/h3-6,13,15H,2,7-12,14H2,1H3,(H,21,23). The van der Waals surface area contributed by atoms with Gasteiger partial charge in [0.05, 0.1) is 25.3 Å². The molecule has 1 amide bonds. The minimum absolute atomic E-state index is 0.0673. The Labute approximate surface area is 159 Å². The van der Waals surface area contributed by atoms with Crippen molar-refractivity contribution in [3.05, 3.63) is 53.5 Å². The van der Waals surface area contributed by atoms with E-state index in [1.54, 1.807) is 6.26 Å². The molecule has 0 bridgehead atoms. The molecule has 0 aliphatic carbocycles. The first-order valence-corrected chi connectivity index (χ1v) is 10.0. The Morgan fingerprint density at radius 2 is 2.00 bits per heavy atom. The first-order valence-electron chi connectivity index (χ1n) is 9.06. The van der Waals surface area contributed by atoms with E-state index in [1.165, 1.54) is 10.5 Å². The number of amides is 1. The zero-order valence-corrected chi connectivity index (χ0v) is 16.0. The molecule has 1 aromatic carbocycles. The molecule has 140 valence electrons. The van der Waals surface area contributed by atoms with Crippen molar-refractivity contribution in [2.45, 2.75) is 24.8 Å². The molecule has 2 aromatic rings. The van der Waals surface area contributed by atoms with Gasteiger partial charge in [-0.15, -0.1) is 11.8 Å². The van der Waals surface area contributed by atoms with Gasteiger partial charge in [-0.1, -0.05) is 17.7 Å². The molecule has 3 rings (SSSR count). The number of nitrogens with one attached hydrogen (secondary N) is 1. The van der Waals surface area contributed by atoms with Crippen molar-refractivity contribution in [2.24, 2.45) is 0 Å². The Bertz CT molecular complexity index is 693. The van der Waals surface area contributed by atoms with Crippen molar-refractivity contribution >= 4 is 17.7 Å². The molecule has 0 atom stereocenters. The minimum atomic E-state index is -0.0673. The van der Waals surface area contributed by atoms with Gasteiger partial charge >= 0.3 is 0 Å². The van der Waals surface area contributed by atoms with Crippen LogP contribution in [0.3, 0.4) is 0 Å². The summed E-state index contributed by atoms with van der Waals surface area (Å²) in [6.45, 7) is 6.81. The van der Waals surface area contributed by atoms with Gasteiger partial charge in [0.1, 0.15) is 12.0 Å². The number of carbonyl (C=O) groups excluding carboxylic acids is 1. The van der Waals surface area contributed by atoms with Crippen molar-refractivity contribution in [1.29, 1.82) is 0 Å². The Balaban J connectivity index is 1.35. The van der Waals surface area contributed by atoms with Crippen LogP contribution >= 0.6 is 11.8 Å². The van der Waals surface area contributed by atoms with Crippen LogP contribution in [0, 0.1) is 6.92 Å². The number of thioether (sulfide) groups is 1. The molecule has 1 aliphatic rings. The summed E-state index contributed by atoms with van der Waals surface area (Å²) in [5.41, 5.74) is 1.87. The fourth-order valence-electron chi connectivity index (χ4n) is 2.76. The quantitative estimate of drug-likeness (QED) is 0.567. The topological polar surface area (TPSA) is 54.7 Å². The summed E-state index contributed by atoms with van der Waals surface area (Å²) in [6.07, 6.45) is 2.48. The second-order valence-electron chi connectivity index (χ2n) is 6.46. The number of ether oxygens (including phenoxy) is 1. The van der Waals surface area contributed by atoms with Crippen molar-refractivity contribution < 1.29 is 13.9 Å². The number of furan rings is 1. The number of nitrogens with zero attached hydrogens (tertiary/aromatic N) is 1. The molecular formula is C20H26N2O3S. The monoisotopic (exact) mass is 374 g/mol. The van der Waals surface area contributed by atoms with Crippen LogP contribution < -0.4 is 5.32 Å². The van der Waals surface area contributed by atoms with E-state index < -0.39 is 0 Å². The second-order valence-corrected chi connectivity index (χ2v) is 7.63. The number of hydrogen-bond donors (Lipinski definition) is 1. The Hall–Kier alpha value is -1.76. The summed E-state index contributed by atoms with van der Waals surface area (Å²) in [6, 6.07) is 10.4. The fourth-order valence-corrected chi connectivity index (χ4v) is 3.62. The summed E-state index contributed by atoms with van der Waals surface area (Å²) in [7, 11) is 0. The van der Waals surface area contributed by atoms with Gasteiger partial charge in [-0.2, -0.15) is 0 Å². The molecular weight excluding hydrogens is 348 g/mol. The lowest BCUT2D eigenvalue weighted by Crippen LogP contribution is -2.35. The molecule has 1 aromatic heterocycles. The molecule has 1 aliphatic heterocycles. The molecule has 0 spiro atoms. The molecule has 0 radical (unpaired) electrons. The maximum atomic E-state index is 12.2. The first-order chi connectivity index (χ1) is 12.7. The molecule has 26 heavy (non-hydrogen) atoms. The van der Waals surface area contributed by atoms with E-state index in [-0.39, 0.29) is 5.91 Å². The minimum Gasteiger partial charge on any atom is -0.467 e. The van der Waals surface area contributed by atoms with Crippen molar-refractivity contribution in [1.82, 2.24) is 10.2 Å². The number of carbonyl (C=O) groups is 1. The van der Waals surface area contributed by atoms with Gasteiger partial charge in [0, 0.05) is 24.5 Å². The average Bonchev–Trinajstić information content (AvgIpc) is 3.12. The van der Waals surface area contributed by atoms with Crippen LogP contribution in [0.2, 0.25) is 0 Å². The second kappa shape index (κ2) is 9.80. The van der Waals surface area contributed by atoms with E-state index in [2.05, 4.69) is 41.4 Å². The van der Waals surface area contributed by atoms with E-state index in [0.717, 1.165) is 50.8 Å². The maximum absolute atomic E-state index is 12.2. The molecule has 1 saturated heterocycles. The molecule has 0 unspecified atom stereocenters. The van der Waals surface area contributed by atoms with Gasteiger partial charge in [0.25, 0.3) is 5.91 Å². The zero-order chi connectivity index (χ0) is 18.2. The average molecular weight is 375 g/mol. The van der Waals surface area contributed by atoms with Gasteiger partial charge < -0.3 is 14.5 Å². The number of rotatable bonds is 8. The predicted molar refractivity (Wildman–Crippen MR) is 104 cm³/mol. The fraction of sp³-hybridized carbons (Fsp3) is 0.450. The van der Waals surface area contributed by atoms with Gasteiger partial charge in [-0.25, -0.2) is 0 Å². The number of hydrogen-bond acceptors (Lipinski definition) is 5. The highest BCUT2D eigenvalue weighted by Gasteiger charge is 2.15. The summed E-state index contributed by atoms with van der Waals surface area (Å²) in [5, 5.41) is 2.97. The lowest BCUT2D eigenvalue weighted by atomic mass is 10.2.